The molecule has 0 radical (unpaired) electrons. The van der Waals surface area contributed by atoms with E-state index in [1.54, 1.807) is 48.5 Å². The van der Waals surface area contributed by atoms with Gasteiger partial charge in [-0.1, -0.05) is 23.7 Å². The van der Waals surface area contributed by atoms with Crippen LogP contribution in [0.2, 0.25) is 5.02 Å². The summed E-state index contributed by atoms with van der Waals surface area (Å²) in [5.41, 5.74) is 2.39. The van der Waals surface area contributed by atoms with Crippen LogP contribution in [0.15, 0.2) is 60.8 Å². The summed E-state index contributed by atoms with van der Waals surface area (Å²) in [4.78, 5) is 16.5. The van der Waals surface area contributed by atoms with E-state index in [0.29, 0.717) is 27.7 Å². The normalized spacial score (nSPS) is 10.3. The summed E-state index contributed by atoms with van der Waals surface area (Å²) < 4.78 is 4.99. The number of phenols is 1. The first-order valence-corrected chi connectivity index (χ1v) is 7.85. The second-order valence-electron chi connectivity index (χ2n) is 5.29. The molecule has 1 amide bonds. The number of halogens is 1. The number of amides is 1. The number of nitrogens with one attached hydrogen (secondary N) is 1. The highest BCUT2D eigenvalue weighted by Gasteiger charge is 2.11. The fourth-order valence-electron chi connectivity index (χ4n) is 2.34. The van der Waals surface area contributed by atoms with Crippen molar-refractivity contribution in [3.8, 4) is 22.8 Å². The Kier molecular flexibility index (Phi) is 4.86. The van der Waals surface area contributed by atoms with Crippen LogP contribution < -0.4 is 10.1 Å². The molecule has 0 saturated carbocycles. The highest BCUT2D eigenvalue weighted by Crippen LogP contribution is 2.31. The number of pyridine rings is 1. The average molecular weight is 355 g/mol. The third-order valence-corrected chi connectivity index (χ3v) is 3.92. The lowest BCUT2D eigenvalue weighted by molar-refractivity contribution is 0.102. The van der Waals surface area contributed by atoms with Gasteiger partial charge in [0.2, 0.25) is 5.88 Å². The Morgan fingerprint density at radius 3 is 2.68 bits per heavy atom. The number of benzene rings is 2. The highest BCUT2D eigenvalue weighted by atomic mass is 35.5. The molecule has 25 heavy (non-hydrogen) atoms. The zero-order valence-electron chi connectivity index (χ0n) is 13.4. The molecule has 3 aromatic rings. The molecular weight excluding hydrogens is 340 g/mol. The Hall–Kier alpha value is -3.05. The van der Waals surface area contributed by atoms with Gasteiger partial charge in [0.25, 0.3) is 5.91 Å². The Labute approximate surface area is 149 Å². The van der Waals surface area contributed by atoms with E-state index >= 15 is 0 Å². The number of hydrogen-bond acceptors (Lipinski definition) is 4. The third kappa shape index (κ3) is 3.89. The number of hydrogen-bond donors (Lipinski definition) is 2. The Balaban J connectivity index is 1.86. The van der Waals surface area contributed by atoms with Gasteiger partial charge in [0.05, 0.1) is 19.0 Å². The summed E-state index contributed by atoms with van der Waals surface area (Å²) in [6.07, 6.45) is 1.52. The number of methoxy groups -OCH3 is 1. The fraction of sp³-hybridized carbons (Fsp3) is 0.0526. The SMILES string of the molecule is COc1ccc(NC(=O)c2ccc(Cl)c(-c3cccc(O)c3)c2)cn1. The van der Waals surface area contributed by atoms with Crippen molar-refractivity contribution in [3.63, 3.8) is 0 Å². The number of aromatic nitrogens is 1. The van der Waals surface area contributed by atoms with Crippen molar-refractivity contribution >= 4 is 23.2 Å². The number of anilines is 1. The van der Waals surface area contributed by atoms with Gasteiger partial charge >= 0.3 is 0 Å². The van der Waals surface area contributed by atoms with Crippen molar-refractivity contribution in [1.82, 2.24) is 4.98 Å². The smallest absolute Gasteiger partial charge is 0.255 e. The molecule has 1 aromatic heterocycles. The minimum Gasteiger partial charge on any atom is -0.508 e. The van der Waals surface area contributed by atoms with Gasteiger partial charge in [-0.3, -0.25) is 4.79 Å². The molecule has 0 spiro atoms. The van der Waals surface area contributed by atoms with Gasteiger partial charge < -0.3 is 15.2 Å². The van der Waals surface area contributed by atoms with Gasteiger partial charge in [-0.05, 0) is 42.0 Å². The topological polar surface area (TPSA) is 71.5 Å². The largest absolute Gasteiger partial charge is 0.508 e. The first-order chi connectivity index (χ1) is 12.1. The number of rotatable bonds is 4. The average Bonchev–Trinajstić information content (AvgIpc) is 2.62. The van der Waals surface area contributed by atoms with E-state index < -0.39 is 0 Å². The molecule has 6 heteroatoms. The van der Waals surface area contributed by atoms with E-state index in [1.165, 1.54) is 13.3 Å². The van der Waals surface area contributed by atoms with E-state index in [1.807, 2.05) is 6.07 Å². The van der Waals surface area contributed by atoms with Crippen LogP contribution in [-0.4, -0.2) is 23.1 Å². The fourth-order valence-corrected chi connectivity index (χ4v) is 2.57. The standard InChI is InChI=1S/C19H15ClN2O3/c1-25-18-8-6-14(11-21-18)22-19(24)13-5-7-17(20)16(10-13)12-3-2-4-15(23)9-12/h2-11,23H,1H3,(H,22,24). The van der Waals surface area contributed by atoms with Crippen LogP contribution in [0.3, 0.4) is 0 Å². The van der Waals surface area contributed by atoms with E-state index in [0.717, 1.165) is 5.56 Å². The monoisotopic (exact) mass is 354 g/mol. The van der Waals surface area contributed by atoms with Crippen molar-refractivity contribution in [2.24, 2.45) is 0 Å². The molecule has 0 fully saturated rings. The number of carbonyl (C=O) groups excluding carboxylic acids is 1. The minimum absolute atomic E-state index is 0.132. The molecule has 0 aliphatic heterocycles. The van der Waals surface area contributed by atoms with E-state index in [2.05, 4.69) is 10.3 Å². The van der Waals surface area contributed by atoms with Crippen LogP contribution >= 0.6 is 11.6 Å². The zero-order valence-corrected chi connectivity index (χ0v) is 14.1. The van der Waals surface area contributed by atoms with Crippen LogP contribution in [0.1, 0.15) is 10.4 Å². The molecule has 0 unspecified atom stereocenters. The highest BCUT2D eigenvalue weighted by molar-refractivity contribution is 6.33. The van der Waals surface area contributed by atoms with Gasteiger partial charge in [0.1, 0.15) is 5.75 Å². The lowest BCUT2D eigenvalue weighted by Crippen LogP contribution is -2.12. The quantitative estimate of drug-likeness (QED) is 0.729. The summed E-state index contributed by atoms with van der Waals surface area (Å²) in [7, 11) is 1.53. The van der Waals surface area contributed by atoms with Crippen LogP contribution in [0, 0.1) is 0 Å². The lowest BCUT2D eigenvalue weighted by atomic mass is 10.0. The molecule has 1 heterocycles. The van der Waals surface area contributed by atoms with E-state index in [-0.39, 0.29) is 11.7 Å². The molecule has 126 valence electrons. The maximum absolute atomic E-state index is 12.5. The first-order valence-electron chi connectivity index (χ1n) is 7.47. The number of carbonyl (C=O) groups is 1. The number of phenolic OH excluding ortho intramolecular Hbond substituents is 1. The van der Waals surface area contributed by atoms with Crippen molar-refractivity contribution in [2.75, 3.05) is 12.4 Å². The maximum Gasteiger partial charge on any atom is 0.255 e. The van der Waals surface area contributed by atoms with Crippen LogP contribution in [0.4, 0.5) is 5.69 Å². The molecule has 0 bridgehead atoms. The zero-order chi connectivity index (χ0) is 17.8. The Morgan fingerprint density at radius 2 is 2.00 bits per heavy atom. The third-order valence-electron chi connectivity index (χ3n) is 3.59. The molecular formula is C19H15ClN2O3. The van der Waals surface area contributed by atoms with Crippen LogP contribution in [-0.2, 0) is 0 Å². The predicted molar refractivity (Wildman–Crippen MR) is 97.3 cm³/mol. The lowest BCUT2D eigenvalue weighted by Gasteiger charge is -2.09. The first kappa shape index (κ1) is 16.8. The number of nitrogens with zero attached hydrogens (tertiary/aromatic N) is 1. The van der Waals surface area contributed by atoms with Gasteiger partial charge in [0.15, 0.2) is 0 Å². The number of ether oxygens (including phenoxy) is 1. The molecule has 3 rings (SSSR count). The molecule has 0 saturated heterocycles. The summed E-state index contributed by atoms with van der Waals surface area (Å²) >= 11 is 6.24. The Bertz CT molecular complexity index is 911. The summed E-state index contributed by atoms with van der Waals surface area (Å²) in [6.45, 7) is 0. The van der Waals surface area contributed by atoms with Crippen molar-refractivity contribution in [2.45, 2.75) is 0 Å². The summed E-state index contributed by atoms with van der Waals surface area (Å²) in [5, 5.41) is 12.9. The van der Waals surface area contributed by atoms with Gasteiger partial charge in [-0.15, -0.1) is 0 Å². The van der Waals surface area contributed by atoms with Gasteiger partial charge in [-0.25, -0.2) is 4.98 Å². The van der Waals surface area contributed by atoms with Crippen LogP contribution in [0.25, 0.3) is 11.1 Å². The molecule has 5 nitrogen and oxygen atoms in total. The summed E-state index contributed by atoms with van der Waals surface area (Å²) in [5.74, 6) is 0.313. The number of aromatic hydroxyl groups is 1. The minimum atomic E-state index is -0.287. The molecule has 2 N–H and O–H groups in total. The summed E-state index contributed by atoms with van der Waals surface area (Å²) in [6, 6.07) is 15.0. The van der Waals surface area contributed by atoms with Gasteiger partial charge in [0, 0.05) is 22.2 Å². The molecule has 0 aliphatic rings. The van der Waals surface area contributed by atoms with E-state index in [4.69, 9.17) is 16.3 Å². The maximum atomic E-state index is 12.5. The Morgan fingerprint density at radius 1 is 1.16 bits per heavy atom. The molecule has 0 atom stereocenters. The van der Waals surface area contributed by atoms with Gasteiger partial charge in [-0.2, -0.15) is 0 Å². The second-order valence-corrected chi connectivity index (χ2v) is 5.70. The van der Waals surface area contributed by atoms with E-state index in [9.17, 15) is 9.90 Å². The van der Waals surface area contributed by atoms with Crippen molar-refractivity contribution in [3.05, 3.63) is 71.4 Å². The predicted octanol–water partition coefficient (Wildman–Crippen LogP) is 4.37. The molecule has 0 aliphatic carbocycles. The van der Waals surface area contributed by atoms with Crippen molar-refractivity contribution in [1.29, 1.82) is 0 Å². The second kappa shape index (κ2) is 7.23. The van der Waals surface area contributed by atoms with Crippen molar-refractivity contribution < 1.29 is 14.6 Å². The molecule has 2 aromatic carbocycles. The van der Waals surface area contributed by atoms with Crippen LogP contribution in [0.5, 0.6) is 11.6 Å².